The van der Waals surface area contributed by atoms with Crippen molar-refractivity contribution in [2.24, 2.45) is 0 Å². The van der Waals surface area contributed by atoms with E-state index in [1.165, 1.54) is 11.4 Å². The number of para-hydroxylation sites is 2. The summed E-state index contributed by atoms with van der Waals surface area (Å²) in [6.07, 6.45) is 0. The van der Waals surface area contributed by atoms with Gasteiger partial charge in [-0.05, 0) is 48.5 Å². The Balaban J connectivity index is 1.23. The van der Waals surface area contributed by atoms with Crippen LogP contribution in [0.3, 0.4) is 0 Å². The number of piperazine rings is 3. The topological polar surface area (TPSA) is 58.0 Å². The number of hydrogen-bond acceptors (Lipinski definition) is 8. The van der Waals surface area contributed by atoms with E-state index in [9.17, 15) is 0 Å². The molecule has 0 aromatic heterocycles. The molecule has 223 valence electrons. The molecule has 3 saturated heterocycles. The van der Waals surface area contributed by atoms with Crippen LogP contribution in [0.5, 0.6) is 17.2 Å². The van der Waals surface area contributed by atoms with Crippen molar-refractivity contribution >= 4 is 17.1 Å². The lowest BCUT2D eigenvalue weighted by molar-refractivity contribution is -0.0945. The number of ether oxygens (including phenoxy) is 3. The minimum absolute atomic E-state index is 0.397. The van der Waals surface area contributed by atoms with Crippen LogP contribution < -0.4 is 34.2 Å². The van der Waals surface area contributed by atoms with Gasteiger partial charge in [0, 0.05) is 82.9 Å². The third-order valence-electron chi connectivity index (χ3n) is 8.99. The predicted octanol–water partition coefficient (Wildman–Crippen LogP) is 3.44. The van der Waals surface area contributed by atoms with Crippen molar-refractivity contribution in [1.29, 1.82) is 0 Å². The van der Waals surface area contributed by atoms with Gasteiger partial charge in [0.25, 0.3) is 0 Å². The molecule has 3 aliphatic heterocycles. The number of benzene rings is 3. The highest BCUT2D eigenvalue weighted by Crippen LogP contribution is 2.35. The zero-order chi connectivity index (χ0) is 28.9. The average molecular weight is 572 g/mol. The Hall–Kier alpha value is -3.66. The van der Waals surface area contributed by atoms with Gasteiger partial charge in [-0.1, -0.05) is 18.2 Å². The van der Waals surface area contributed by atoms with Gasteiger partial charge in [-0.25, -0.2) is 5.32 Å². The summed E-state index contributed by atoms with van der Waals surface area (Å²) >= 11 is 0. The van der Waals surface area contributed by atoms with E-state index in [-0.39, 0.29) is 0 Å². The van der Waals surface area contributed by atoms with Crippen LogP contribution in [0.1, 0.15) is 0 Å². The molecule has 0 amide bonds. The largest absolute Gasteiger partial charge is 0.497 e. The second kappa shape index (κ2) is 12.7. The molecule has 0 bridgehead atoms. The Morgan fingerprint density at radius 1 is 0.571 bits per heavy atom. The maximum atomic E-state index is 5.79. The van der Waals surface area contributed by atoms with Crippen LogP contribution in [0, 0.1) is 0 Å². The van der Waals surface area contributed by atoms with Gasteiger partial charge in [0.2, 0.25) is 0 Å². The highest BCUT2D eigenvalue weighted by Gasteiger charge is 2.48. The van der Waals surface area contributed by atoms with E-state index in [0.717, 1.165) is 94.9 Å². The molecular formula is C33H43N6O3. The van der Waals surface area contributed by atoms with Crippen molar-refractivity contribution in [1.82, 2.24) is 15.1 Å². The highest BCUT2D eigenvalue weighted by atomic mass is 16.5. The average Bonchev–Trinajstić information content (AvgIpc) is 3.08. The summed E-state index contributed by atoms with van der Waals surface area (Å²) in [5, 5.41) is 5.48. The van der Waals surface area contributed by atoms with Crippen molar-refractivity contribution in [3.63, 3.8) is 0 Å². The molecular weight excluding hydrogens is 528 g/mol. The minimum atomic E-state index is -0.397. The van der Waals surface area contributed by atoms with Crippen LogP contribution in [0.15, 0.2) is 72.8 Å². The summed E-state index contributed by atoms with van der Waals surface area (Å²) in [7, 11) is 5.20. The fourth-order valence-electron chi connectivity index (χ4n) is 6.68. The molecule has 1 atom stereocenters. The first kappa shape index (κ1) is 28.5. The predicted molar refractivity (Wildman–Crippen MR) is 168 cm³/mol. The van der Waals surface area contributed by atoms with Crippen LogP contribution in [0.4, 0.5) is 17.1 Å². The van der Waals surface area contributed by atoms with Crippen molar-refractivity contribution in [2.75, 3.05) is 108 Å². The van der Waals surface area contributed by atoms with E-state index >= 15 is 0 Å². The van der Waals surface area contributed by atoms with E-state index in [1.54, 1.807) is 21.3 Å². The standard InChI is InChI=1S/C33H43N6O3/c1-40-29-13-11-27(12-14-29)35-17-21-38(22-18-35)33(26-37(16-15-34-33)31-9-4-5-10-32(31)42-3)39-23-19-36(20-24-39)28-7-6-8-30(25-28)41-2/h4-14,25H,15-24,26H2,1-3H3. The molecule has 9 heteroatoms. The Morgan fingerprint density at radius 3 is 1.86 bits per heavy atom. The summed E-state index contributed by atoms with van der Waals surface area (Å²) in [5.74, 6) is 2.31. The molecule has 0 aliphatic carbocycles. The highest BCUT2D eigenvalue weighted by molar-refractivity contribution is 5.59. The molecule has 9 nitrogen and oxygen atoms in total. The second-order valence-corrected chi connectivity index (χ2v) is 11.1. The van der Waals surface area contributed by atoms with Gasteiger partial charge in [0.1, 0.15) is 17.2 Å². The minimum Gasteiger partial charge on any atom is -0.497 e. The van der Waals surface area contributed by atoms with Gasteiger partial charge in [0.05, 0.1) is 33.6 Å². The van der Waals surface area contributed by atoms with Crippen LogP contribution >= 0.6 is 0 Å². The fourth-order valence-corrected chi connectivity index (χ4v) is 6.68. The molecule has 6 rings (SSSR count). The fraction of sp³-hybridized carbons (Fsp3) is 0.455. The zero-order valence-corrected chi connectivity index (χ0v) is 25.1. The molecule has 42 heavy (non-hydrogen) atoms. The molecule has 3 fully saturated rings. The molecule has 1 radical (unpaired) electrons. The maximum absolute atomic E-state index is 5.79. The van der Waals surface area contributed by atoms with Gasteiger partial charge in [0.15, 0.2) is 5.79 Å². The number of rotatable bonds is 8. The van der Waals surface area contributed by atoms with E-state index in [1.807, 2.05) is 24.3 Å². The summed E-state index contributed by atoms with van der Waals surface area (Å²) < 4.78 is 16.7. The second-order valence-electron chi connectivity index (χ2n) is 11.1. The molecule has 1 unspecified atom stereocenters. The first-order chi connectivity index (χ1) is 20.6. The normalized spacial score (nSPS) is 22.2. The Bertz CT molecular complexity index is 1310. The van der Waals surface area contributed by atoms with E-state index < -0.39 is 5.79 Å². The number of anilines is 3. The first-order valence-corrected chi connectivity index (χ1v) is 15.0. The monoisotopic (exact) mass is 571 g/mol. The molecule has 0 spiro atoms. The summed E-state index contributed by atoms with van der Waals surface area (Å²) in [6, 6.07) is 25.2. The molecule has 3 aliphatic rings. The van der Waals surface area contributed by atoms with Crippen molar-refractivity contribution in [2.45, 2.75) is 5.79 Å². The molecule has 0 N–H and O–H groups in total. The van der Waals surface area contributed by atoms with Crippen LogP contribution in [0.25, 0.3) is 0 Å². The van der Waals surface area contributed by atoms with Crippen LogP contribution in [0.2, 0.25) is 0 Å². The lowest BCUT2D eigenvalue weighted by atomic mass is 10.1. The maximum Gasteiger partial charge on any atom is 0.162 e. The molecule has 3 aromatic rings. The van der Waals surface area contributed by atoms with Crippen molar-refractivity contribution in [3.8, 4) is 17.2 Å². The number of nitrogens with zero attached hydrogens (tertiary/aromatic N) is 6. The van der Waals surface area contributed by atoms with E-state index in [4.69, 9.17) is 19.5 Å². The van der Waals surface area contributed by atoms with Gasteiger partial charge in [-0.15, -0.1) is 0 Å². The zero-order valence-electron chi connectivity index (χ0n) is 25.1. The van der Waals surface area contributed by atoms with Gasteiger partial charge in [-0.3, -0.25) is 9.80 Å². The van der Waals surface area contributed by atoms with Crippen LogP contribution in [-0.4, -0.2) is 109 Å². The van der Waals surface area contributed by atoms with Crippen molar-refractivity contribution in [3.05, 3.63) is 72.8 Å². The Morgan fingerprint density at radius 2 is 1.21 bits per heavy atom. The third-order valence-corrected chi connectivity index (χ3v) is 8.99. The summed E-state index contributed by atoms with van der Waals surface area (Å²) in [5.41, 5.74) is 3.60. The lowest BCUT2D eigenvalue weighted by Gasteiger charge is -2.58. The number of hydrogen-bond donors (Lipinski definition) is 0. The Kier molecular flexibility index (Phi) is 8.60. The quantitative estimate of drug-likeness (QED) is 0.408. The van der Waals surface area contributed by atoms with Gasteiger partial charge >= 0.3 is 0 Å². The van der Waals surface area contributed by atoms with Gasteiger partial charge < -0.3 is 28.9 Å². The first-order valence-electron chi connectivity index (χ1n) is 15.0. The van der Waals surface area contributed by atoms with Crippen molar-refractivity contribution < 1.29 is 14.2 Å². The Labute approximate surface area is 250 Å². The van der Waals surface area contributed by atoms with E-state index in [2.05, 4.69) is 73.0 Å². The summed E-state index contributed by atoms with van der Waals surface area (Å²) in [4.78, 5) is 12.7. The van der Waals surface area contributed by atoms with Crippen LogP contribution in [-0.2, 0) is 0 Å². The van der Waals surface area contributed by atoms with E-state index in [0.29, 0.717) is 0 Å². The lowest BCUT2D eigenvalue weighted by Crippen LogP contribution is -2.77. The molecule has 3 heterocycles. The number of methoxy groups -OCH3 is 3. The smallest absolute Gasteiger partial charge is 0.162 e. The molecule has 3 aromatic carbocycles. The van der Waals surface area contributed by atoms with Gasteiger partial charge in [-0.2, -0.15) is 0 Å². The molecule has 0 saturated carbocycles. The summed E-state index contributed by atoms with van der Waals surface area (Å²) in [6.45, 7) is 10.1. The SMILES string of the molecule is COc1ccc(N2CCN(C3(N4CCN(c5cccc(OC)c5)CC4)CN(c4ccccc4OC)CC[N]3)CC2)cc1. The third kappa shape index (κ3) is 5.69.